The second-order valence-corrected chi connectivity index (χ2v) is 5.71. The van der Waals surface area contributed by atoms with Gasteiger partial charge in [-0.1, -0.05) is 30.0 Å². The van der Waals surface area contributed by atoms with Crippen LogP contribution >= 0.6 is 11.8 Å². The molecule has 0 aliphatic carbocycles. The van der Waals surface area contributed by atoms with Crippen LogP contribution in [0.15, 0.2) is 41.8 Å². The van der Waals surface area contributed by atoms with Crippen LogP contribution in [0.25, 0.3) is 0 Å². The van der Waals surface area contributed by atoms with Gasteiger partial charge >= 0.3 is 0 Å². The quantitative estimate of drug-likeness (QED) is 0.793. The summed E-state index contributed by atoms with van der Waals surface area (Å²) >= 11 is 1.42. The molecular weight excluding hydrogens is 272 g/mol. The zero-order valence-electron chi connectivity index (χ0n) is 11.9. The number of hydrogen-bond donors (Lipinski definition) is 0. The number of nitrogens with zero attached hydrogens (tertiary/aromatic N) is 4. The monoisotopic (exact) mass is 290 g/mol. The van der Waals surface area contributed by atoms with Crippen LogP contribution in [0.5, 0.6) is 0 Å². The van der Waals surface area contributed by atoms with Gasteiger partial charge in [0.2, 0.25) is 5.91 Å². The van der Waals surface area contributed by atoms with E-state index in [9.17, 15) is 4.79 Å². The number of carbonyl (C=O) groups excluding carboxylic acids is 1. The largest absolute Gasteiger partial charge is 0.312 e. The van der Waals surface area contributed by atoms with E-state index in [4.69, 9.17) is 0 Å². The number of benzene rings is 1. The fourth-order valence-corrected chi connectivity index (χ4v) is 2.73. The van der Waals surface area contributed by atoms with E-state index in [1.54, 1.807) is 11.2 Å². The molecule has 1 atom stereocenters. The molecule has 0 bridgehead atoms. The topological polar surface area (TPSA) is 51.0 Å². The third kappa shape index (κ3) is 3.19. The van der Waals surface area contributed by atoms with Crippen LogP contribution in [-0.4, -0.2) is 32.5 Å². The maximum absolute atomic E-state index is 12.6. The minimum absolute atomic E-state index is 0.0756. The van der Waals surface area contributed by atoms with Crippen LogP contribution in [0.3, 0.4) is 0 Å². The van der Waals surface area contributed by atoms with Gasteiger partial charge in [-0.3, -0.25) is 4.79 Å². The average molecular weight is 290 g/mol. The molecule has 1 aromatic heterocycles. The van der Waals surface area contributed by atoms with Crippen LogP contribution in [0.1, 0.15) is 13.8 Å². The average Bonchev–Trinajstić information content (AvgIpc) is 2.86. The molecule has 5 nitrogen and oxygen atoms in total. The van der Waals surface area contributed by atoms with Crippen LogP contribution in [0.4, 0.5) is 5.69 Å². The third-order valence-electron chi connectivity index (χ3n) is 2.95. The van der Waals surface area contributed by atoms with Gasteiger partial charge in [-0.2, -0.15) is 0 Å². The van der Waals surface area contributed by atoms with E-state index in [1.807, 2.05) is 55.8 Å². The first-order valence-corrected chi connectivity index (χ1v) is 7.38. The molecular formula is C14H18N4OS. The number of hydrogen-bond acceptors (Lipinski definition) is 4. The Kier molecular flexibility index (Phi) is 4.79. The predicted molar refractivity (Wildman–Crippen MR) is 80.8 cm³/mol. The van der Waals surface area contributed by atoms with Crippen LogP contribution in [0.2, 0.25) is 0 Å². The molecule has 106 valence electrons. The maximum Gasteiger partial charge on any atom is 0.240 e. The molecule has 0 saturated carbocycles. The molecule has 0 N–H and O–H groups in total. The van der Waals surface area contributed by atoms with Gasteiger partial charge in [0.15, 0.2) is 5.16 Å². The second kappa shape index (κ2) is 6.56. The highest BCUT2D eigenvalue weighted by Crippen LogP contribution is 2.24. The van der Waals surface area contributed by atoms with Crippen molar-refractivity contribution < 1.29 is 4.79 Å². The molecule has 0 radical (unpaired) electrons. The van der Waals surface area contributed by atoms with Crippen LogP contribution in [-0.2, 0) is 11.8 Å². The molecule has 0 fully saturated rings. The third-order valence-corrected chi connectivity index (χ3v) is 4.09. The first kappa shape index (κ1) is 14.6. The van der Waals surface area contributed by atoms with Crippen LogP contribution < -0.4 is 4.90 Å². The molecule has 0 spiro atoms. The molecule has 0 aliphatic rings. The normalized spacial score (nSPS) is 12.2. The highest BCUT2D eigenvalue weighted by atomic mass is 32.2. The van der Waals surface area contributed by atoms with Crippen molar-refractivity contribution in [2.75, 3.05) is 11.4 Å². The van der Waals surface area contributed by atoms with Gasteiger partial charge in [-0.25, -0.2) is 0 Å². The maximum atomic E-state index is 12.6. The number of amides is 1. The van der Waals surface area contributed by atoms with Crippen LogP contribution in [0, 0.1) is 0 Å². The lowest BCUT2D eigenvalue weighted by Crippen LogP contribution is -2.36. The first-order valence-electron chi connectivity index (χ1n) is 6.50. The summed E-state index contributed by atoms with van der Waals surface area (Å²) in [5.74, 6) is 0.0756. The summed E-state index contributed by atoms with van der Waals surface area (Å²) in [4.78, 5) is 14.3. The summed E-state index contributed by atoms with van der Waals surface area (Å²) in [5, 5.41) is 8.36. The van der Waals surface area contributed by atoms with E-state index in [0.29, 0.717) is 6.54 Å². The number of anilines is 1. The lowest BCUT2D eigenvalue weighted by Gasteiger charge is -2.24. The lowest BCUT2D eigenvalue weighted by molar-refractivity contribution is -0.117. The fraction of sp³-hybridized carbons (Fsp3) is 0.357. The minimum atomic E-state index is -0.210. The first-order chi connectivity index (χ1) is 9.63. The minimum Gasteiger partial charge on any atom is -0.312 e. The van der Waals surface area contributed by atoms with Crippen molar-refractivity contribution in [2.24, 2.45) is 7.05 Å². The molecule has 0 saturated heterocycles. The summed E-state index contributed by atoms with van der Waals surface area (Å²) in [7, 11) is 1.87. The molecule has 20 heavy (non-hydrogen) atoms. The Labute approximate surface area is 123 Å². The standard InChI is InChI=1S/C14H18N4OS/c1-4-18(12-8-6-5-7-9-12)13(19)11(2)20-14-16-15-10-17(14)3/h5-11H,4H2,1-3H3/t11-/m1/s1. The van der Waals surface area contributed by atoms with Gasteiger partial charge < -0.3 is 9.47 Å². The second-order valence-electron chi connectivity index (χ2n) is 4.40. The molecule has 1 aromatic carbocycles. The van der Waals surface area contributed by atoms with Gasteiger partial charge in [0.05, 0.1) is 5.25 Å². The smallest absolute Gasteiger partial charge is 0.240 e. The Morgan fingerprint density at radius 3 is 2.65 bits per heavy atom. The van der Waals surface area contributed by atoms with E-state index >= 15 is 0 Å². The summed E-state index contributed by atoms with van der Waals surface area (Å²) < 4.78 is 1.81. The van der Waals surface area contributed by atoms with E-state index in [0.717, 1.165) is 10.8 Å². The summed E-state index contributed by atoms with van der Waals surface area (Å²) in [5.41, 5.74) is 0.922. The Balaban J connectivity index is 2.11. The van der Waals surface area contributed by atoms with Crippen molar-refractivity contribution in [3.05, 3.63) is 36.7 Å². The zero-order chi connectivity index (χ0) is 14.5. The zero-order valence-corrected chi connectivity index (χ0v) is 12.7. The van der Waals surface area contributed by atoms with Crippen molar-refractivity contribution >= 4 is 23.4 Å². The predicted octanol–water partition coefficient (Wildman–Crippen LogP) is 2.35. The van der Waals surface area contributed by atoms with Gasteiger partial charge in [0, 0.05) is 19.3 Å². The van der Waals surface area contributed by atoms with Gasteiger partial charge in [-0.05, 0) is 26.0 Å². The molecule has 2 rings (SSSR count). The molecule has 1 heterocycles. The highest BCUT2D eigenvalue weighted by Gasteiger charge is 2.23. The summed E-state index contributed by atoms with van der Waals surface area (Å²) in [6.07, 6.45) is 1.63. The van der Waals surface area contributed by atoms with E-state index in [-0.39, 0.29) is 11.2 Å². The molecule has 0 unspecified atom stereocenters. The Bertz CT molecular complexity index is 570. The number of rotatable bonds is 5. The SMILES string of the molecule is CCN(C(=O)[C@@H](C)Sc1nncn1C)c1ccccc1. The number of carbonyl (C=O) groups is 1. The molecule has 1 amide bonds. The summed E-state index contributed by atoms with van der Waals surface area (Å²) in [6.45, 7) is 4.52. The number of aryl methyl sites for hydroxylation is 1. The fourth-order valence-electron chi connectivity index (χ4n) is 1.88. The number of aromatic nitrogens is 3. The van der Waals surface area contributed by atoms with Crippen molar-refractivity contribution in [3.63, 3.8) is 0 Å². The van der Waals surface area contributed by atoms with E-state index < -0.39 is 0 Å². The van der Waals surface area contributed by atoms with Crippen molar-refractivity contribution in [3.8, 4) is 0 Å². The van der Waals surface area contributed by atoms with Gasteiger partial charge in [0.25, 0.3) is 0 Å². The summed E-state index contributed by atoms with van der Waals surface area (Å²) in [6, 6.07) is 9.71. The van der Waals surface area contributed by atoms with Crippen molar-refractivity contribution in [1.29, 1.82) is 0 Å². The van der Waals surface area contributed by atoms with Gasteiger partial charge in [0.1, 0.15) is 6.33 Å². The number of para-hydroxylation sites is 1. The number of thioether (sulfide) groups is 1. The van der Waals surface area contributed by atoms with Crippen molar-refractivity contribution in [1.82, 2.24) is 14.8 Å². The Hall–Kier alpha value is -1.82. The van der Waals surface area contributed by atoms with E-state index in [1.165, 1.54) is 11.8 Å². The molecule has 2 aromatic rings. The lowest BCUT2D eigenvalue weighted by atomic mass is 10.2. The molecule has 0 aliphatic heterocycles. The highest BCUT2D eigenvalue weighted by molar-refractivity contribution is 8.00. The Morgan fingerprint density at radius 1 is 1.40 bits per heavy atom. The van der Waals surface area contributed by atoms with Gasteiger partial charge in [-0.15, -0.1) is 10.2 Å². The van der Waals surface area contributed by atoms with Crippen molar-refractivity contribution in [2.45, 2.75) is 24.3 Å². The van der Waals surface area contributed by atoms with E-state index in [2.05, 4.69) is 10.2 Å². The Morgan fingerprint density at radius 2 is 2.10 bits per heavy atom. The molecule has 6 heteroatoms.